The number of benzene rings is 3. The van der Waals surface area contributed by atoms with Gasteiger partial charge in [-0.05, 0) is 29.8 Å². The van der Waals surface area contributed by atoms with E-state index in [4.69, 9.17) is 10.5 Å². The van der Waals surface area contributed by atoms with Gasteiger partial charge in [-0.2, -0.15) is 10.6 Å². The number of hydrogen-bond acceptors (Lipinski definition) is 6. The van der Waals surface area contributed by atoms with E-state index in [-0.39, 0.29) is 34.5 Å². The molecular formula is C22H24ClNO5S2. The van der Waals surface area contributed by atoms with Crippen LogP contribution in [0.4, 0.5) is 0 Å². The van der Waals surface area contributed by atoms with Gasteiger partial charge in [0.1, 0.15) is 17.6 Å². The molecule has 0 saturated heterocycles. The second-order valence-electron chi connectivity index (χ2n) is 7.11. The van der Waals surface area contributed by atoms with E-state index in [0.717, 1.165) is 5.56 Å². The summed E-state index contributed by atoms with van der Waals surface area (Å²) in [6.45, 7) is 0.308. The van der Waals surface area contributed by atoms with Gasteiger partial charge in [-0.15, -0.1) is 12.4 Å². The van der Waals surface area contributed by atoms with E-state index in [9.17, 15) is 17.5 Å². The SMILES string of the molecule is Cl.NCc1c(OCc2ccccc2)ccc2c1C(S(=O)(=O)c1ccccc1)CS2(O)O. The number of hydrogen-bond donors (Lipinski definition) is 3. The first kappa shape index (κ1) is 23.6. The molecule has 0 amide bonds. The maximum atomic E-state index is 13.4. The van der Waals surface area contributed by atoms with E-state index >= 15 is 0 Å². The van der Waals surface area contributed by atoms with Crippen molar-refractivity contribution < 1.29 is 22.3 Å². The summed E-state index contributed by atoms with van der Waals surface area (Å²) >= 11 is 0. The molecule has 0 bridgehead atoms. The molecule has 4 rings (SSSR count). The van der Waals surface area contributed by atoms with Crippen molar-refractivity contribution in [3.8, 4) is 5.75 Å². The molecule has 1 heterocycles. The first-order chi connectivity index (χ1) is 14.3. The van der Waals surface area contributed by atoms with Crippen LogP contribution in [-0.2, 0) is 23.0 Å². The zero-order valence-electron chi connectivity index (χ0n) is 16.5. The maximum absolute atomic E-state index is 13.4. The molecular weight excluding hydrogens is 458 g/mol. The molecule has 1 unspecified atom stereocenters. The second kappa shape index (κ2) is 9.20. The van der Waals surface area contributed by atoms with Crippen LogP contribution in [0, 0.1) is 0 Å². The molecule has 1 atom stereocenters. The number of halogens is 1. The molecule has 166 valence electrons. The van der Waals surface area contributed by atoms with Gasteiger partial charge in [0.2, 0.25) is 0 Å². The summed E-state index contributed by atoms with van der Waals surface area (Å²) in [6, 6.07) is 20.8. The summed E-state index contributed by atoms with van der Waals surface area (Å²) in [7, 11) is -7.10. The molecule has 3 aromatic carbocycles. The van der Waals surface area contributed by atoms with Crippen LogP contribution in [0.25, 0.3) is 0 Å². The first-order valence-corrected chi connectivity index (χ1v) is 12.7. The topological polar surface area (TPSA) is 110 Å². The van der Waals surface area contributed by atoms with Gasteiger partial charge < -0.3 is 10.5 Å². The lowest BCUT2D eigenvalue weighted by Gasteiger charge is -2.27. The summed E-state index contributed by atoms with van der Waals surface area (Å²) in [6.07, 6.45) is 0. The Bertz CT molecular complexity index is 1160. The number of nitrogens with two attached hydrogens (primary N) is 1. The van der Waals surface area contributed by atoms with Gasteiger partial charge in [-0.1, -0.05) is 48.5 Å². The molecule has 3 aromatic rings. The molecule has 0 aliphatic carbocycles. The highest BCUT2D eigenvalue weighted by molar-refractivity contribution is 8.25. The van der Waals surface area contributed by atoms with Crippen molar-refractivity contribution in [2.75, 3.05) is 5.75 Å². The summed E-state index contributed by atoms with van der Waals surface area (Å²) in [5.74, 6) is 0.166. The molecule has 9 heteroatoms. The van der Waals surface area contributed by atoms with Crippen LogP contribution < -0.4 is 10.5 Å². The van der Waals surface area contributed by atoms with Crippen LogP contribution in [0.3, 0.4) is 0 Å². The van der Waals surface area contributed by atoms with Crippen LogP contribution >= 0.6 is 23.0 Å². The number of sulfone groups is 1. The van der Waals surface area contributed by atoms with Crippen molar-refractivity contribution in [2.24, 2.45) is 5.73 Å². The van der Waals surface area contributed by atoms with Crippen molar-refractivity contribution in [2.45, 2.75) is 28.2 Å². The Morgan fingerprint density at radius 3 is 2.19 bits per heavy atom. The predicted molar refractivity (Wildman–Crippen MR) is 125 cm³/mol. The van der Waals surface area contributed by atoms with E-state index in [2.05, 4.69) is 0 Å². The largest absolute Gasteiger partial charge is 0.489 e. The molecule has 1 aliphatic rings. The van der Waals surface area contributed by atoms with E-state index in [1.807, 2.05) is 30.3 Å². The summed E-state index contributed by atoms with van der Waals surface area (Å²) < 4.78 is 53.9. The van der Waals surface area contributed by atoms with Crippen molar-refractivity contribution in [3.05, 3.63) is 89.5 Å². The van der Waals surface area contributed by atoms with Crippen LogP contribution in [-0.4, -0.2) is 23.3 Å². The molecule has 4 N–H and O–H groups in total. The molecule has 0 fully saturated rings. The second-order valence-corrected chi connectivity index (χ2v) is 11.3. The average Bonchev–Trinajstić information content (AvgIpc) is 3.05. The van der Waals surface area contributed by atoms with E-state index < -0.39 is 25.7 Å². The smallest absolute Gasteiger partial charge is 0.187 e. The molecule has 0 spiro atoms. The van der Waals surface area contributed by atoms with E-state index in [1.54, 1.807) is 30.3 Å². The summed E-state index contributed by atoms with van der Waals surface area (Å²) in [5, 5.41) is -1.10. The number of fused-ring (bicyclic) bond motifs is 1. The standard InChI is InChI=1S/C22H23NO5S2.ClH/c23-13-18-19(28-14-16-7-3-1-4-8-16)11-12-20-22(18)21(15-29(20,24)25)30(26,27)17-9-5-2-6-10-17;/h1-12,21,24-25H,13-15,23H2;1H. The minimum atomic E-state index is -3.85. The third-order valence-electron chi connectivity index (χ3n) is 5.22. The minimum Gasteiger partial charge on any atom is -0.489 e. The van der Waals surface area contributed by atoms with Crippen LogP contribution in [0.1, 0.15) is 21.9 Å². The third kappa shape index (κ3) is 4.45. The minimum absolute atomic E-state index is 0. The zero-order valence-corrected chi connectivity index (χ0v) is 19.0. The van der Waals surface area contributed by atoms with Crippen molar-refractivity contribution in [3.63, 3.8) is 0 Å². The van der Waals surface area contributed by atoms with Gasteiger partial charge in [-0.25, -0.2) is 8.42 Å². The monoisotopic (exact) mass is 481 g/mol. The summed E-state index contributed by atoms with van der Waals surface area (Å²) in [5.41, 5.74) is 7.80. The van der Waals surface area contributed by atoms with Gasteiger partial charge in [-0.3, -0.25) is 9.11 Å². The average molecular weight is 482 g/mol. The Hall–Kier alpha value is -2.07. The van der Waals surface area contributed by atoms with Gasteiger partial charge in [0.05, 0.1) is 15.5 Å². The molecule has 1 aliphatic heterocycles. The Balaban J connectivity index is 0.00000272. The number of rotatable bonds is 6. The normalized spacial score (nSPS) is 18.0. The zero-order chi connectivity index (χ0) is 21.4. The Labute approximate surface area is 189 Å². The van der Waals surface area contributed by atoms with Gasteiger partial charge in [0.15, 0.2) is 9.84 Å². The lowest BCUT2D eigenvalue weighted by atomic mass is 10.0. The molecule has 0 aromatic heterocycles. The fourth-order valence-electron chi connectivity index (χ4n) is 3.75. The highest BCUT2D eigenvalue weighted by atomic mass is 35.5. The summed E-state index contributed by atoms with van der Waals surface area (Å²) in [4.78, 5) is 0.371. The van der Waals surface area contributed by atoms with Crippen molar-refractivity contribution >= 4 is 32.8 Å². The molecule has 6 nitrogen and oxygen atoms in total. The van der Waals surface area contributed by atoms with E-state index in [0.29, 0.717) is 23.5 Å². The van der Waals surface area contributed by atoms with Crippen LogP contribution in [0.5, 0.6) is 5.75 Å². The first-order valence-electron chi connectivity index (χ1n) is 9.42. The fourth-order valence-corrected chi connectivity index (χ4v) is 8.22. The fraction of sp³-hybridized carbons (Fsp3) is 0.182. The number of ether oxygens (including phenoxy) is 1. The van der Waals surface area contributed by atoms with Crippen LogP contribution in [0.15, 0.2) is 82.6 Å². The van der Waals surface area contributed by atoms with Gasteiger partial charge in [0.25, 0.3) is 0 Å². The molecule has 0 saturated carbocycles. The predicted octanol–water partition coefficient (Wildman–Crippen LogP) is 4.78. The quantitative estimate of drug-likeness (QED) is 0.467. The van der Waals surface area contributed by atoms with Crippen molar-refractivity contribution in [1.82, 2.24) is 0 Å². The van der Waals surface area contributed by atoms with Gasteiger partial charge in [0, 0.05) is 17.7 Å². The van der Waals surface area contributed by atoms with Crippen LogP contribution in [0.2, 0.25) is 0 Å². The van der Waals surface area contributed by atoms with Crippen molar-refractivity contribution in [1.29, 1.82) is 0 Å². The lowest BCUT2D eigenvalue weighted by molar-refractivity contribution is 0.302. The third-order valence-corrected chi connectivity index (χ3v) is 9.37. The highest BCUT2D eigenvalue weighted by Gasteiger charge is 2.45. The Kier molecular flexibility index (Phi) is 7.00. The Morgan fingerprint density at radius 1 is 0.968 bits per heavy atom. The van der Waals surface area contributed by atoms with E-state index in [1.165, 1.54) is 12.1 Å². The lowest BCUT2D eigenvalue weighted by Crippen LogP contribution is -2.17. The maximum Gasteiger partial charge on any atom is 0.187 e. The Morgan fingerprint density at radius 2 is 1.58 bits per heavy atom. The van der Waals surface area contributed by atoms with Gasteiger partial charge >= 0.3 is 0 Å². The molecule has 31 heavy (non-hydrogen) atoms. The molecule has 0 radical (unpaired) electrons. The highest BCUT2D eigenvalue weighted by Crippen LogP contribution is 2.62.